The molecule has 1 atom stereocenters. The number of aromatic nitrogens is 2. The van der Waals surface area contributed by atoms with Gasteiger partial charge in [0.1, 0.15) is 12.4 Å². The van der Waals surface area contributed by atoms with Crippen LogP contribution in [-0.4, -0.2) is 29.6 Å². The Morgan fingerprint density at radius 2 is 2.00 bits per heavy atom. The molecular weight excluding hydrogens is 438 g/mol. The second-order valence-corrected chi connectivity index (χ2v) is 8.65. The van der Waals surface area contributed by atoms with E-state index < -0.39 is 5.92 Å². The first-order chi connectivity index (χ1) is 16.0. The fraction of sp³-hybridized carbons (Fsp3) is 0.240. The highest BCUT2D eigenvalue weighted by Crippen LogP contribution is 2.42. The van der Waals surface area contributed by atoms with Crippen LogP contribution in [0.3, 0.4) is 0 Å². The van der Waals surface area contributed by atoms with Crippen molar-refractivity contribution in [2.45, 2.75) is 30.2 Å². The summed E-state index contributed by atoms with van der Waals surface area (Å²) in [7, 11) is 1.55. The van der Waals surface area contributed by atoms with E-state index >= 15 is 0 Å². The fourth-order valence-electron chi connectivity index (χ4n) is 3.79. The van der Waals surface area contributed by atoms with Crippen LogP contribution < -0.4 is 20.3 Å². The van der Waals surface area contributed by atoms with E-state index in [1.165, 1.54) is 17.3 Å². The summed E-state index contributed by atoms with van der Waals surface area (Å²) in [5.74, 6) is 1.21. The lowest BCUT2D eigenvalue weighted by Gasteiger charge is -2.26. The molecule has 0 spiro atoms. The van der Waals surface area contributed by atoms with Gasteiger partial charge in [0.2, 0.25) is 5.91 Å². The van der Waals surface area contributed by atoms with Crippen molar-refractivity contribution in [1.82, 2.24) is 9.97 Å². The number of amides is 1. The predicted octanol–water partition coefficient (Wildman–Crippen LogP) is 4.42. The lowest BCUT2D eigenvalue weighted by atomic mass is 9.86. The smallest absolute Gasteiger partial charge is 0.257 e. The number of anilines is 1. The summed E-state index contributed by atoms with van der Waals surface area (Å²) in [5.41, 5.74) is 3.12. The average Bonchev–Trinajstić information content (AvgIpc) is 2.81. The summed E-state index contributed by atoms with van der Waals surface area (Å²) >= 11 is 1.41. The van der Waals surface area contributed by atoms with Crippen LogP contribution in [0, 0.1) is 6.92 Å². The number of thioether (sulfide) groups is 1. The summed E-state index contributed by atoms with van der Waals surface area (Å²) in [5, 5.41) is 3.22. The standard InChI is InChI=1S/C25H25N3O4S/c1-4-12-32-22-17(6-5-7-19(22)31-3)18-13-20(29)26-23-21(18)24(30)28-25(27-23)33-14-16-10-8-15(2)9-11-16/h4-11,18H,1,12-14H2,2-3H3,(H2,26,27,28,29,30)/t18-/m0/s1. The topological polar surface area (TPSA) is 93.3 Å². The zero-order chi connectivity index (χ0) is 23.4. The fourth-order valence-corrected chi connectivity index (χ4v) is 4.60. The molecule has 0 radical (unpaired) electrons. The zero-order valence-corrected chi connectivity index (χ0v) is 19.3. The number of hydrogen-bond acceptors (Lipinski definition) is 6. The van der Waals surface area contributed by atoms with Crippen LogP contribution in [0.2, 0.25) is 0 Å². The van der Waals surface area contributed by atoms with Gasteiger partial charge in [0.25, 0.3) is 5.56 Å². The van der Waals surface area contributed by atoms with Crippen molar-refractivity contribution in [2.24, 2.45) is 0 Å². The number of carbonyl (C=O) groups excluding carboxylic acids is 1. The van der Waals surface area contributed by atoms with Crippen LogP contribution in [0.4, 0.5) is 5.82 Å². The minimum atomic E-state index is -0.518. The molecule has 3 aromatic rings. The number of hydrogen-bond donors (Lipinski definition) is 2. The number of H-pyrrole nitrogens is 1. The van der Waals surface area contributed by atoms with Crippen molar-refractivity contribution in [3.05, 3.63) is 87.7 Å². The SMILES string of the molecule is C=CCOc1c(OC)cccc1[C@@H]1CC(=O)Nc2nc(SCc3ccc(C)cc3)[nH]c(=O)c21. The molecule has 2 N–H and O–H groups in total. The van der Waals surface area contributed by atoms with E-state index in [2.05, 4.69) is 21.9 Å². The second-order valence-electron chi connectivity index (χ2n) is 7.69. The van der Waals surface area contributed by atoms with Gasteiger partial charge in [-0.1, -0.05) is 66.4 Å². The van der Waals surface area contributed by atoms with E-state index in [1.807, 2.05) is 43.3 Å². The highest BCUT2D eigenvalue weighted by Gasteiger charge is 2.33. The Hall–Kier alpha value is -3.52. The van der Waals surface area contributed by atoms with E-state index in [4.69, 9.17) is 9.47 Å². The zero-order valence-electron chi connectivity index (χ0n) is 18.5. The third kappa shape index (κ3) is 4.96. The number of para-hydroxylation sites is 1. The largest absolute Gasteiger partial charge is 0.493 e. The van der Waals surface area contributed by atoms with Crippen LogP contribution >= 0.6 is 11.8 Å². The van der Waals surface area contributed by atoms with Gasteiger partial charge in [-0.25, -0.2) is 4.98 Å². The molecule has 4 rings (SSSR count). The molecule has 1 aliphatic heterocycles. The number of carbonyl (C=O) groups is 1. The van der Waals surface area contributed by atoms with Gasteiger partial charge in [0.15, 0.2) is 16.7 Å². The average molecular weight is 464 g/mol. The van der Waals surface area contributed by atoms with E-state index in [9.17, 15) is 9.59 Å². The Morgan fingerprint density at radius 3 is 2.73 bits per heavy atom. The van der Waals surface area contributed by atoms with Crippen LogP contribution in [0.1, 0.15) is 34.6 Å². The number of aromatic amines is 1. The van der Waals surface area contributed by atoms with Gasteiger partial charge in [0.05, 0.1) is 12.7 Å². The van der Waals surface area contributed by atoms with Gasteiger partial charge in [-0.2, -0.15) is 0 Å². The first-order valence-corrected chi connectivity index (χ1v) is 11.5. The van der Waals surface area contributed by atoms with Gasteiger partial charge in [-0.15, -0.1) is 0 Å². The summed E-state index contributed by atoms with van der Waals surface area (Å²) < 4.78 is 11.3. The summed E-state index contributed by atoms with van der Waals surface area (Å²) in [6.45, 7) is 5.99. The maximum Gasteiger partial charge on any atom is 0.257 e. The Kier molecular flexibility index (Phi) is 6.84. The van der Waals surface area contributed by atoms with Gasteiger partial charge in [-0.3, -0.25) is 9.59 Å². The van der Waals surface area contributed by atoms with Crippen molar-refractivity contribution in [1.29, 1.82) is 0 Å². The van der Waals surface area contributed by atoms with Gasteiger partial charge < -0.3 is 19.8 Å². The van der Waals surface area contributed by atoms with Crippen LogP contribution in [0.25, 0.3) is 0 Å². The molecule has 1 aliphatic rings. The second kappa shape index (κ2) is 9.95. The van der Waals surface area contributed by atoms with E-state index in [-0.39, 0.29) is 30.3 Å². The third-order valence-electron chi connectivity index (χ3n) is 5.38. The molecule has 2 heterocycles. The normalized spacial score (nSPS) is 14.8. The molecule has 0 saturated carbocycles. The maximum absolute atomic E-state index is 13.2. The molecule has 0 aliphatic carbocycles. The first-order valence-electron chi connectivity index (χ1n) is 10.5. The Balaban J connectivity index is 1.70. The number of benzene rings is 2. The van der Waals surface area contributed by atoms with Crippen LogP contribution in [0.15, 0.2) is 65.1 Å². The van der Waals surface area contributed by atoms with Crippen molar-refractivity contribution in [3.63, 3.8) is 0 Å². The molecule has 8 heteroatoms. The van der Waals surface area contributed by atoms with Crippen molar-refractivity contribution in [2.75, 3.05) is 19.0 Å². The highest BCUT2D eigenvalue weighted by molar-refractivity contribution is 7.98. The predicted molar refractivity (Wildman–Crippen MR) is 129 cm³/mol. The van der Waals surface area contributed by atoms with Gasteiger partial charge in [-0.05, 0) is 18.6 Å². The van der Waals surface area contributed by atoms with Gasteiger partial charge in [0, 0.05) is 23.7 Å². The first kappa shape index (κ1) is 22.7. The molecule has 0 unspecified atom stereocenters. The molecular formula is C25H25N3O4S. The number of nitrogens with zero attached hydrogens (tertiary/aromatic N) is 1. The van der Waals surface area contributed by atoms with Crippen molar-refractivity contribution >= 4 is 23.5 Å². The Bertz CT molecular complexity index is 1240. The lowest BCUT2D eigenvalue weighted by Crippen LogP contribution is -2.31. The monoisotopic (exact) mass is 463 g/mol. The van der Waals surface area contributed by atoms with E-state index in [1.54, 1.807) is 19.3 Å². The third-order valence-corrected chi connectivity index (χ3v) is 6.32. The van der Waals surface area contributed by atoms with Crippen molar-refractivity contribution in [3.8, 4) is 11.5 Å². The Morgan fingerprint density at radius 1 is 1.21 bits per heavy atom. The molecule has 0 fully saturated rings. The summed E-state index contributed by atoms with van der Waals surface area (Å²) in [6, 6.07) is 13.6. The molecule has 7 nitrogen and oxygen atoms in total. The molecule has 170 valence electrons. The Labute approximate surface area is 196 Å². The minimum absolute atomic E-state index is 0.102. The van der Waals surface area contributed by atoms with E-state index in [0.29, 0.717) is 33.5 Å². The van der Waals surface area contributed by atoms with Gasteiger partial charge >= 0.3 is 0 Å². The number of fused-ring (bicyclic) bond motifs is 1. The number of nitrogens with one attached hydrogen (secondary N) is 2. The molecule has 0 saturated heterocycles. The van der Waals surface area contributed by atoms with Crippen molar-refractivity contribution < 1.29 is 14.3 Å². The lowest BCUT2D eigenvalue weighted by molar-refractivity contribution is -0.116. The molecule has 1 amide bonds. The number of ether oxygens (including phenoxy) is 2. The van der Waals surface area contributed by atoms with E-state index in [0.717, 1.165) is 5.56 Å². The number of rotatable bonds is 8. The molecule has 1 aromatic heterocycles. The quantitative estimate of drug-likeness (QED) is 0.292. The molecule has 33 heavy (non-hydrogen) atoms. The molecule has 2 aromatic carbocycles. The van der Waals surface area contributed by atoms with Crippen LogP contribution in [0.5, 0.6) is 11.5 Å². The summed E-state index contributed by atoms with van der Waals surface area (Å²) in [4.78, 5) is 33.2. The number of methoxy groups -OCH3 is 1. The minimum Gasteiger partial charge on any atom is -0.493 e. The molecule has 0 bridgehead atoms. The highest BCUT2D eigenvalue weighted by atomic mass is 32.2. The number of aryl methyl sites for hydroxylation is 1. The maximum atomic E-state index is 13.2. The van der Waals surface area contributed by atoms with Crippen LogP contribution in [-0.2, 0) is 10.5 Å². The summed E-state index contributed by atoms with van der Waals surface area (Å²) in [6.07, 6.45) is 1.73.